The molecule has 0 radical (unpaired) electrons. The van der Waals surface area contributed by atoms with E-state index in [1.165, 1.54) is 0 Å². The van der Waals surface area contributed by atoms with Gasteiger partial charge < -0.3 is 15.9 Å². The molecule has 1 aliphatic carbocycles. The first kappa shape index (κ1) is 7.98. The van der Waals surface area contributed by atoms with Gasteiger partial charge in [-0.15, -0.1) is 0 Å². The second-order valence-corrected chi connectivity index (χ2v) is 3.26. The third-order valence-corrected chi connectivity index (χ3v) is 2.21. The minimum atomic E-state index is -0.427. The second-order valence-electron chi connectivity index (χ2n) is 3.26. The lowest BCUT2D eigenvalue weighted by Gasteiger charge is -2.33. The fourth-order valence-corrected chi connectivity index (χ4v) is 1.54. The highest BCUT2D eigenvalue weighted by molar-refractivity contribution is 4.86. The summed E-state index contributed by atoms with van der Waals surface area (Å²) in [4.78, 5) is 0. The summed E-state index contributed by atoms with van der Waals surface area (Å²) in [5.74, 6) is 0.138. The molecule has 0 heterocycles. The Bertz CT molecular complexity index is 106. The summed E-state index contributed by atoms with van der Waals surface area (Å²) in [6.45, 7) is 1.91. The van der Waals surface area contributed by atoms with Gasteiger partial charge in [-0.25, -0.2) is 0 Å². The monoisotopic (exact) mass is 145 g/mol. The molecule has 4 atom stereocenters. The molecule has 1 aliphatic rings. The van der Waals surface area contributed by atoms with E-state index in [4.69, 9.17) is 5.73 Å². The second kappa shape index (κ2) is 2.86. The van der Waals surface area contributed by atoms with Crippen LogP contribution in [0.4, 0.5) is 0 Å². The molecule has 3 nitrogen and oxygen atoms in total. The Kier molecular flexibility index (Phi) is 2.28. The van der Waals surface area contributed by atoms with Gasteiger partial charge in [0.15, 0.2) is 0 Å². The number of hydrogen-bond acceptors (Lipinski definition) is 3. The lowest BCUT2D eigenvalue weighted by atomic mass is 9.83. The highest BCUT2D eigenvalue weighted by atomic mass is 16.3. The largest absolute Gasteiger partial charge is 0.393 e. The molecule has 3 unspecified atom stereocenters. The third kappa shape index (κ3) is 1.48. The van der Waals surface area contributed by atoms with Crippen LogP contribution in [0.2, 0.25) is 0 Å². The van der Waals surface area contributed by atoms with E-state index in [0.29, 0.717) is 12.8 Å². The molecular weight excluding hydrogens is 130 g/mol. The Morgan fingerprint density at radius 1 is 1.30 bits per heavy atom. The smallest absolute Gasteiger partial charge is 0.0718 e. The van der Waals surface area contributed by atoms with Crippen molar-refractivity contribution in [2.24, 2.45) is 11.7 Å². The summed E-state index contributed by atoms with van der Waals surface area (Å²) in [5, 5.41) is 18.5. The van der Waals surface area contributed by atoms with Crippen molar-refractivity contribution in [2.45, 2.75) is 38.0 Å². The zero-order chi connectivity index (χ0) is 7.72. The maximum absolute atomic E-state index is 9.33. The predicted molar refractivity (Wildman–Crippen MR) is 38.4 cm³/mol. The van der Waals surface area contributed by atoms with E-state index in [1.807, 2.05) is 6.92 Å². The zero-order valence-electron chi connectivity index (χ0n) is 6.20. The Morgan fingerprint density at radius 2 is 1.90 bits per heavy atom. The first-order valence-electron chi connectivity index (χ1n) is 3.73. The van der Waals surface area contributed by atoms with Gasteiger partial charge in [-0.05, 0) is 18.8 Å². The van der Waals surface area contributed by atoms with Gasteiger partial charge in [0.2, 0.25) is 0 Å². The highest BCUT2D eigenvalue weighted by Gasteiger charge is 2.30. The van der Waals surface area contributed by atoms with Crippen LogP contribution in [0.15, 0.2) is 0 Å². The van der Waals surface area contributed by atoms with Gasteiger partial charge in [0.1, 0.15) is 0 Å². The molecule has 10 heavy (non-hydrogen) atoms. The van der Waals surface area contributed by atoms with Crippen molar-refractivity contribution in [1.29, 1.82) is 0 Å². The lowest BCUT2D eigenvalue weighted by Crippen LogP contribution is -2.46. The van der Waals surface area contributed by atoms with Crippen molar-refractivity contribution in [1.82, 2.24) is 0 Å². The molecule has 0 bridgehead atoms. The number of rotatable bonds is 0. The molecule has 3 heteroatoms. The van der Waals surface area contributed by atoms with E-state index in [1.54, 1.807) is 0 Å². The number of hydrogen-bond donors (Lipinski definition) is 3. The molecule has 60 valence electrons. The van der Waals surface area contributed by atoms with Gasteiger partial charge in [0.25, 0.3) is 0 Å². The summed E-state index contributed by atoms with van der Waals surface area (Å²) in [6, 6.07) is -0.237. The number of aliphatic hydroxyl groups is 2. The van der Waals surface area contributed by atoms with E-state index < -0.39 is 6.10 Å². The van der Waals surface area contributed by atoms with E-state index in [9.17, 15) is 10.2 Å². The Morgan fingerprint density at radius 3 is 2.40 bits per heavy atom. The van der Waals surface area contributed by atoms with E-state index >= 15 is 0 Å². The lowest BCUT2D eigenvalue weighted by molar-refractivity contribution is -0.000948. The van der Waals surface area contributed by atoms with Crippen LogP contribution in [0, 0.1) is 5.92 Å². The molecule has 0 spiro atoms. The molecule has 1 fully saturated rings. The normalized spacial score (nSPS) is 49.2. The van der Waals surface area contributed by atoms with Crippen LogP contribution in [0.5, 0.6) is 0 Å². The van der Waals surface area contributed by atoms with Crippen molar-refractivity contribution in [3.8, 4) is 0 Å². The molecule has 1 rings (SSSR count). The van der Waals surface area contributed by atoms with Gasteiger partial charge in [0, 0.05) is 6.04 Å². The summed E-state index contributed by atoms with van der Waals surface area (Å²) < 4.78 is 0. The maximum atomic E-state index is 9.33. The van der Waals surface area contributed by atoms with Gasteiger partial charge in [0.05, 0.1) is 12.2 Å². The first-order chi connectivity index (χ1) is 4.61. The van der Waals surface area contributed by atoms with Crippen molar-refractivity contribution in [3.05, 3.63) is 0 Å². The van der Waals surface area contributed by atoms with Crippen molar-refractivity contribution >= 4 is 0 Å². The van der Waals surface area contributed by atoms with Crippen LogP contribution in [-0.2, 0) is 0 Å². The van der Waals surface area contributed by atoms with E-state index in [0.717, 1.165) is 0 Å². The molecular formula is C7H15NO2. The minimum Gasteiger partial charge on any atom is -0.393 e. The van der Waals surface area contributed by atoms with Crippen molar-refractivity contribution < 1.29 is 10.2 Å². The molecule has 0 aromatic heterocycles. The van der Waals surface area contributed by atoms with Crippen molar-refractivity contribution in [2.75, 3.05) is 0 Å². The summed E-state index contributed by atoms with van der Waals surface area (Å²) in [5.41, 5.74) is 5.55. The molecule has 0 aliphatic heterocycles. The van der Waals surface area contributed by atoms with Crippen LogP contribution >= 0.6 is 0 Å². The maximum Gasteiger partial charge on any atom is 0.0718 e. The van der Waals surface area contributed by atoms with Crippen LogP contribution in [0.3, 0.4) is 0 Å². The first-order valence-corrected chi connectivity index (χ1v) is 3.73. The SMILES string of the molecule is CC1C[C@@H](O)CC(N)C1O. The highest BCUT2D eigenvalue weighted by Crippen LogP contribution is 2.23. The van der Waals surface area contributed by atoms with Crippen LogP contribution < -0.4 is 5.73 Å². The topological polar surface area (TPSA) is 66.5 Å². The van der Waals surface area contributed by atoms with E-state index in [-0.39, 0.29) is 18.1 Å². The van der Waals surface area contributed by atoms with Crippen molar-refractivity contribution in [3.63, 3.8) is 0 Å². The standard InChI is InChI=1S/C7H15NO2/c1-4-2-5(9)3-6(8)7(4)10/h4-7,9-10H,2-3,8H2,1H3/t4?,5-,6?,7?/m1/s1. The summed E-state index contributed by atoms with van der Waals surface area (Å²) in [6.07, 6.45) is 0.470. The van der Waals surface area contributed by atoms with Crippen LogP contribution in [0.25, 0.3) is 0 Å². The fraction of sp³-hybridized carbons (Fsp3) is 1.00. The van der Waals surface area contributed by atoms with Gasteiger partial charge in [-0.2, -0.15) is 0 Å². The molecule has 0 amide bonds. The summed E-state index contributed by atoms with van der Waals surface area (Å²) >= 11 is 0. The fourth-order valence-electron chi connectivity index (χ4n) is 1.54. The number of nitrogens with two attached hydrogens (primary N) is 1. The third-order valence-electron chi connectivity index (χ3n) is 2.21. The van der Waals surface area contributed by atoms with Gasteiger partial charge >= 0.3 is 0 Å². The number of aliphatic hydroxyl groups excluding tert-OH is 2. The Balaban J connectivity index is 2.49. The van der Waals surface area contributed by atoms with Crippen LogP contribution in [-0.4, -0.2) is 28.5 Å². The van der Waals surface area contributed by atoms with Gasteiger partial charge in [-0.1, -0.05) is 6.92 Å². The molecule has 4 N–H and O–H groups in total. The average Bonchev–Trinajstić information content (AvgIpc) is 1.82. The molecule has 1 saturated carbocycles. The quantitative estimate of drug-likeness (QED) is 0.429. The molecule has 0 saturated heterocycles. The van der Waals surface area contributed by atoms with Gasteiger partial charge in [-0.3, -0.25) is 0 Å². The Hall–Kier alpha value is -0.120. The summed E-state index contributed by atoms with van der Waals surface area (Å²) in [7, 11) is 0. The predicted octanol–water partition coefficient (Wildman–Crippen LogP) is -0.535. The zero-order valence-corrected chi connectivity index (χ0v) is 6.20. The van der Waals surface area contributed by atoms with Crippen LogP contribution in [0.1, 0.15) is 19.8 Å². The Labute approximate surface area is 60.9 Å². The molecule has 0 aromatic carbocycles. The minimum absolute atomic E-state index is 0.138. The average molecular weight is 145 g/mol. The molecule has 0 aromatic rings. The van der Waals surface area contributed by atoms with E-state index in [2.05, 4.69) is 0 Å².